The number of benzene rings is 2. The molecule has 0 unspecified atom stereocenters. The normalized spacial score (nSPS) is 20.8. The molecule has 2 aromatic rings. The fraction of sp³-hybridized carbons (Fsp3) is 0.419. The number of carbonyl (C=O) groups excluding carboxylic acids is 2. The number of nitro benzene ring substituents is 1. The Morgan fingerprint density at radius 1 is 0.895 bits per heavy atom. The number of carbonyl (C=O) groups is 2. The van der Waals surface area contributed by atoms with Crippen LogP contribution >= 0.6 is 0 Å². The van der Waals surface area contributed by atoms with Gasteiger partial charge in [-0.05, 0) is 40.9 Å². The van der Waals surface area contributed by atoms with E-state index in [9.17, 15) is 19.7 Å². The van der Waals surface area contributed by atoms with Gasteiger partial charge in [-0.25, -0.2) is 0 Å². The third-order valence-corrected chi connectivity index (χ3v) is 7.94. The van der Waals surface area contributed by atoms with Crippen LogP contribution in [0.2, 0.25) is 0 Å². The van der Waals surface area contributed by atoms with Gasteiger partial charge in [0.25, 0.3) is 0 Å². The number of methoxy groups -OCH3 is 1. The maximum absolute atomic E-state index is 13.9. The number of nitrogens with zero attached hydrogens (tertiary/aromatic N) is 2. The summed E-state index contributed by atoms with van der Waals surface area (Å²) in [6.45, 7) is 8.95. The Bertz CT molecular complexity index is 1350. The lowest BCUT2D eigenvalue weighted by Crippen LogP contribution is -2.44. The van der Waals surface area contributed by atoms with Crippen LogP contribution in [0.15, 0.2) is 71.1 Å². The summed E-state index contributed by atoms with van der Waals surface area (Å²) in [5, 5.41) is 11.9. The largest absolute Gasteiger partial charge is 0.490 e. The van der Waals surface area contributed by atoms with E-state index in [0.717, 1.165) is 17.0 Å². The van der Waals surface area contributed by atoms with E-state index in [2.05, 4.69) is 44.7 Å². The van der Waals surface area contributed by atoms with Crippen LogP contribution in [-0.4, -0.2) is 28.5 Å². The Morgan fingerprint density at radius 3 is 1.95 bits per heavy atom. The highest BCUT2D eigenvalue weighted by atomic mass is 16.6. The van der Waals surface area contributed by atoms with Gasteiger partial charge in [-0.15, -0.1) is 0 Å². The van der Waals surface area contributed by atoms with E-state index in [1.54, 1.807) is 12.1 Å². The molecule has 0 atom stereocenters. The second-order valence-electron chi connectivity index (χ2n) is 12.3. The molecule has 1 aliphatic heterocycles. The van der Waals surface area contributed by atoms with Crippen molar-refractivity contribution in [2.45, 2.75) is 65.8 Å². The molecule has 0 radical (unpaired) electrons. The van der Waals surface area contributed by atoms with Crippen molar-refractivity contribution in [3.63, 3.8) is 0 Å². The molecule has 0 N–H and O–H groups in total. The number of allylic oxidation sites excluding steroid dienone is 4. The Morgan fingerprint density at radius 2 is 1.45 bits per heavy atom. The van der Waals surface area contributed by atoms with Gasteiger partial charge in [0.15, 0.2) is 17.3 Å². The highest BCUT2D eigenvalue weighted by Gasteiger charge is 2.49. The fourth-order valence-corrected chi connectivity index (χ4v) is 6.37. The number of Topliss-reactive ketones (excluding diaryl/α,β-unsaturated/α-hetero) is 2. The Hall–Kier alpha value is -3.74. The predicted octanol–water partition coefficient (Wildman–Crippen LogP) is 6.49. The number of hydrogen-bond donors (Lipinski definition) is 0. The molecule has 0 fully saturated rings. The van der Waals surface area contributed by atoms with Crippen LogP contribution in [0.3, 0.4) is 0 Å². The Labute approximate surface area is 223 Å². The summed E-state index contributed by atoms with van der Waals surface area (Å²) in [4.78, 5) is 41.4. The molecule has 2 aromatic carbocycles. The lowest BCUT2D eigenvalue weighted by atomic mass is 9.63. The molecule has 7 nitrogen and oxygen atoms in total. The van der Waals surface area contributed by atoms with Crippen molar-refractivity contribution in [3.8, 4) is 5.75 Å². The van der Waals surface area contributed by atoms with E-state index in [1.807, 2.05) is 18.2 Å². The maximum atomic E-state index is 13.9. The topological polar surface area (TPSA) is 89.8 Å². The van der Waals surface area contributed by atoms with Crippen LogP contribution in [0.5, 0.6) is 5.75 Å². The zero-order chi connectivity index (χ0) is 27.4. The van der Waals surface area contributed by atoms with Gasteiger partial charge in [-0.3, -0.25) is 19.7 Å². The van der Waals surface area contributed by atoms with Gasteiger partial charge < -0.3 is 9.64 Å². The van der Waals surface area contributed by atoms with Crippen molar-refractivity contribution in [1.29, 1.82) is 0 Å². The van der Waals surface area contributed by atoms with Gasteiger partial charge >= 0.3 is 5.69 Å². The average Bonchev–Trinajstić information content (AvgIpc) is 2.83. The first-order valence-electron chi connectivity index (χ1n) is 13.1. The zero-order valence-electron chi connectivity index (χ0n) is 22.7. The van der Waals surface area contributed by atoms with Crippen molar-refractivity contribution < 1.29 is 19.2 Å². The quantitative estimate of drug-likeness (QED) is 0.335. The molecule has 198 valence electrons. The fourth-order valence-electron chi connectivity index (χ4n) is 6.37. The molecule has 3 aliphatic rings. The summed E-state index contributed by atoms with van der Waals surface area (Å²) in [5.41, 5.74) is 4.09. The summed E-state index contributed by atoms with van der Waals surface area (Å²) in [6, 6.07) is 14.9. The lowest BCUT2D eigenvalue weighted by molar-refractivity contribution is -0.385. The lowest BCUT2D eigenvalue weighted by Gasteiger charge is -2.49. The van der Waals surface area contributed by atoms with Gasteiger partial charge in [0.2, 0.25) is 0 Å². The zero-order valence-corrected chi connectivity index (χ0v) is 22.7. The summed E-state index contributed by atoms with van der Waals surface area (Å²) in [5.74, 6) is -0.483. The number of ketones is 2. The van der Waals surface area contributed by atoms with Crippen molar-refractivity contribution in [2.75, 3.05) is 7.11 Å². The first kappa shape index (κ1) is 25.9. The molecule has 1 heterocycles. The summed E-state index contributed by atoms with van der Waals surface area (Å²) in [7, 11) is 1.39. The molecule has 7 heteroatoms. The van der Waals surface area contributed by atoms with Crippen LogP contribution in [0, 0.1) is 20.9 Å². The third kappa shape index (κ3) is 4.55. The van der Waals surface area contributed by atoms with E-state index >= 15 is 0 Å². The Kier molecular flexibility index (Phi) is 6.28. The second kappa shape index (κ2) is 9.22. The maximum Gasteiger partial charge on any atom is 0.311 e. The minimum absolute atomic E-state index is 0.00182. The summed E-state index contributed by atoms with van der Waals surface area (Å²) >= 11 is 0. The van der Waals surface area contributed by atoms with E-state index < -0.39 is 10.8 Å². The highest BCUT2D eigenvalue weighted by molar-refractivity contribution is 6.06. The first-order chi connectivity index (χ1) is 17.9. The summed E-state index contributed by atoms with van der Waals surface area (Å²) < 4.78 is 5.23. The summed E-state index contributed by atoms with van der Waals surface area (Å²) in [6.07, 6.45) is 2.09. The van der Waals surface area contributed by atoms with Crippen molar-refractivity contribution in [2.24, 2.45) is 10.8 Å². The monoisotopic (exact) mass is 514 g/mol. The number of nitro groups is 1. The molecular weight excluding hydrogens is 480 g/mol. The molecule has 0 spiro atoms. The number of hydrogen-bond acceptors (Lipinski definition) is 6. The molecule has 0 saturated heterocycles. The predicted molar refractivity (Wildman–Crippen MR) is 144 cm³/mol. The van der Waals surface area contributed by atoms with E-state index in [0.29, 0.717) is 48.9 Å². The van der Waals surface area contributed by atoms with Gasteiger partial charge in [-0.2, -0.15) is 0 Å². The average molecular weight is 515 g/mol. The molecule has 0 bridgehead atoms. The second-order valence-corrected chi connectivity index (χ2v) is 12.3. The standard InChI is InChI=1S/C31H34N2O5/c1-30(2)14-22-28(24(34)16-30)27(20-11-12-26(38-5)21(13-20)33(36)37)29-23(15-31(3,4)17-25(29)35)32(22)18-19-9-7-6-8-10-19/h6-13,27H,14-18H2,1-5H3. The van der Waals surface area contributed by atoms with Crippen LogP contribution in [0.4, 0.5) is 5.69 Å². The van der Waals surface area contributed by atoms with Crippen LogP contribution in [0.25, 0.3) is 0 Å². The molecule has 0 saturated carbocycles. The van der Waals surface area contributed by atoms with Crippen molar-refractivity contribution in [3.05, 3.63) is 92.3 Å². The smallest absolute Gasteiger partial charge is 0.311 e. The molecule has 0 aromatic heterocycles. The van der Waals surface area contributed by atoms with Crippen molar-refractivity contribution in [1.82, 2.24) is 4.90 Å². The van der Waals surface area contributed by atoms with Crippen LogP contribution < -0.4 is 4.74 Å². The SMILES string of the molecule is COc1ccc(C2C3=C(CC(C)(C)CC3=O)N(Cc3ccccc3)C3=C2C(=O)CC(C)(C)C3)cc1[N+](=O)[O-]. The van der Waals surface area contributed by atoms with Gasteiger partial charge in [0, 0.05) is 53.9 Å². The molecular formula is C31H34N2O5. The van der Waals surface area contributed by atoms with Gasteiger partial charge in [-0.1, -0.05) is 64.1 Å². The van der Waals surface area contributed by atoms with Gasteiger partial charge in [0.1, 0.15) is 0 Å². The minimum Gasteiger partial charge on any atom is -0.490 e. The molecule has 38 heavy (non-hydrogen) atoms. The third-order valence-electron chi connectivity index (χ3n) is 7.94. The number of ether oxygens (including phenoxy) is 1. The number of rotatable bonds is 5. The van der Waals surface area contributed by atoms with Crippen LogP contribution in [0.1, 0.15) is 70.4 Å². The minimum atomic E-state index is -0.635. The molecule has 2 aliphatic carbocycles. The van der Waals surface area contributed by atoms with Gasteiger partial charge in [0.05, 0.1) is 12.0 Å². The Balaban J connectivity index is 1.78. The van der Waals surface area contributed by atoms with E-state index in [4.69, 9.17) is 4.74 Å². The van der Waals surface area contributed by atoms with E-state index in [1.165, 1.54) is 13.2 Å². The molecule has 0 amide bonds. The van der Waals surface area contributed by atoms with Crippen molar-refractivity contribution >= 4 is 17.3 Å². The van der Waals surface area contributed by atoms with E-state index in [-0.39, 0.29) is 33.8 Å². The highest BCUT2D eigenvalue weighted by Crippen LogP contribution is 2.55. The molecule has 5 rings (SSSR count). The first-order valence-corrected chi connectivity index (χ1v) is 13.1. The van der Waals surface area contributed by atoms with Crippen LogP contribution in [-0.2, 0) is 16.1 Å².